The summed E-state index contributed by atoms with van der Waals surface area (Å²) in [6, 6.07) is 0. The van der Waals surface area contributed by atoms with Gasteiger partial charge < -0.3 is 9.47 Å². The summed E-state index contributed by atoms with van der Waals surface area (Å²) in [5.74, 6) is 0.0486. The van der Waals surface area contributed by atoms with Crippen LogP contribution in [0.1, 0.15) is 52.4 Å². The van der Waals surface area contributed by atoms with Gasteiger partial charge in [-0.1, -0.05) is 13.8 Å². The average molecular weight is 228 g/mol. The van der Waals surface area contributed by atoms with Gasteiger partial charge >= 0.3 is 5.97 Å². The predicted molar refractivity (Wildman–Crippen MR) is 63.2 cm³/mol. The second-order valence-corrected chi connectivity index (χ2v) is 4.57. The van der Waals surface area contributed by atoms with Gasteiger partial charge in [0.25, 0.3) is 0 Å². The number of carbonyl (C=O) groups is 1. The molecule has 0 heterocycles. The number of hydrogen-bond donors (Lipinski definition) is 0. The Morgan fingerprint density at radius 3 is 2.19 bits per heavy atom. The van der Waals surface area contributed by atoms with Crippen molar-refractivity contribution >= 4 is 5.97 Å². The fourth-order valence-electron chi connectivity index (χ4n) is 2.35. The molecule has 1 fully saturated rings. The van der Waals surface area contributed by atoms with Gasteiger partial charge in [-0.25, -0.2) is 0 Å². The van der Waals surface area contributed by atoms with E-state index in [1.54, 1.807) is 0 Å². The Balaban J connectivity index is 2.29. The molecule has 3 heteroatoms. The second kappa shape index (κ2) is 6.89. The monoisotopic (exact) mass is 228 g/mol. The molecule has 0 bridgehead atoms. The van der Waals surface area contributed by atoms with Crippen LogP contribution in [-0.2, 0) is 14.3 Å². The average Bonchev–Trinajstić information content (AvgIpc) is 2.35. The molecule has 0 aromatic heterocycles. The largest absolute Gasteiger partial charge is 0.469 e. The number of hydrogen-bond acceptors (Lipinski definition) is 3. The van der Waals surface area contributed by atoms with Gasteiger partial charge in [0.15, 0.2) is 0 Å². The Hall–Kier alpha value is -0.570. The lowest BCUT2D eigenvalue weighted by Gasteiger charge is -2.29. The maximum atomic E-state index is 11.3. The minimum atomic E-state index is -0.0546. The van der Waals surface area contributed by atoms with Crippen LogP contribution >= 0.6 is 0 Å². The van der Waals surface area contributed by atoms with Crippen LogP contribution < -0.4 is 0 Å². The van der Waals surface area contributed by atoms with Crippen molar-refractivity contribution in [1.82, 2.24) is 0 Å². The van der Waals surface area contributed by atoms with Crippen molar-refractivity contribution in [3.8, 4) is 0 Å². The molecule has 3 nitrogen and oxygen atoms in total. The molecule has 1 rings (SSSR count). The lowest BCUT2D eigenvalue weighted by atomic mass is 9.87. The minimum Gasteiger partial charge on any atom is -0.469 e. The summed E-state index contributed by atoms with van der Waals surface area (Å²) in [7, 11) is 1.47. The van der Waals surface area contributed by atoms with E-state index in [-0.39, 0.29) is 11.9 Å². The van der Waals surface area contributed by atoms with E-state index in [0.717, 1.165) is 38.5 Å². The fraction of sp³-hybridized carbons (Fsp3) is 0.923. The molecule has 0 N–H and O–H groups in total. The molecule has 0 spiro atoms. The van der Waals surface area contributed by atoms with Crippen LogP contribution in [0, 0.1) is 5.92 Å². The number of carbonyl (C=O) groups excluding carboxylic acids is 1. The smallest absolute Gasteiger partial charge is 0.308 e. The molecule has 1 aliphatic rings. The Bertz CT molecular complexity index is 203. The van der Waals surface area contributed by atoms with Gasteiger partial charge in [-0.2, -0.15) is 0 Å². The minimum absolute atomic E-state index is 0.0546. The molecule has 0 radical (unpaired) electrons. The van der Waals surface area contributed by atoms with Crippen molar-refractivity contribution in [2.75, 3.05) is 7.11 Å². The van der Waals surface area contributed by atoms with E-state index in [9.17, 15) is 4.79 Å². The summed E-state index contributed by atoms with van der Waals surface area (Å²) in [6.45, 7) is 4.32. The van der Waals surface area contributed by atoms with Crippen LogP contribution in [0.25, 0.3) is 0 Å². The van der Waals surface area contributed by atoms with Crippen molar-refractivity contribution in [3.05, 3.63) is 0 Å². The Morgan fingerprint density at radius 1 is 1.19 bits per heavy atom. The lowest BCUT2D eigenvalue weighted by Crippen LogP contribution is -2.29. The summed E-state index contributed by atoms with van der Waals surface area (Å²) in [5, 5.41) is 0. The van der Waals surface area contributed by atoms with Crippen LogP contribution in [0.3, 0.4) is 0 Å². The van der Waals surface area contributed by atoms with Crippen molar-refractivity contribution < 1.29 is 14.3 Å². The highest BCUT2D eigenvalue weighted by Gasteiger charge is 2.28. The van der Waals surface area contributed by atoms with Crippen LogP contribution in [0.2, 0.25) is 0 Å². The first-order valence-corrected chi connectivity index (χ1v) is 6.44. The van der Waals surface area contributed by atoms with Crippen molar-refractivity contribution in [1.29, 1.82) is 0 Å². The van der Waals surface area contributed by atoms with Gasteiger partial charge in [0.1, 0.15) is 0 Å². The molecule has 0 atom stereocenters. The van der Waals surface area contributed by atoms with E-state index in [0.29, 0.717) is 12.2 Å². The highest BCUT2D eigenvalue weighted by Crippen LogP contribution is 2.28. The molecule has 0 saturated heterocycles. The van der Waals surface area contributed by atoms with Crippen molar-refractivity contribution in [2.45, 2.75) is 64.6 Å². The molecule has 0 aliphatic heterocycles. The first kappa shape index (κ1) is 13.5. The highest BCUT2D eigenvalue weighted by atomic mass is 16.5. The highest BCUT2D eigenvalue weighted by molar-refractivity contribution is 5.72. The van der Waals surface area contributed by atoms with Crippen molar-refractivity contribution in [3.63, 3.8) is 0 Å². The topological polar surface area (TPSA) is 35.5 Å². The Kier molecular flexibility index (Phi) is 5.81. The fourth-order valence-corrected chi connectivity index (χ4v) is 2.35. The molecule has 0 amide bonds. The molecule has 0 unspecified atom stereocenters. The van der Waals surface area contributed by atoms with E-state index >= 15 is 0 Å². The number of ether oxygens (including phenoxy) is 2. The molecular weight excluding hydrogens is 204 g/mol. The van der Waals surface area contributed by atoms with E-state index in [1.807, 2.05) is 0 Å². The van der Waals surface area contributed by atoms with Crippen LogP contribution in [0.15, 0.2) is 0 Å². The second-order valence-electron chi connectivity index (χ2n) is 4.57. The first-order valence-electron chi connectivity index (χ1n) is 6.44. The SMILES string of the molecule is CCC(CC)OC1CCC(C(=O)OC)CC1. The van der Waals surface area contributed by atoms with E-state index < -0.39 is 0 Å². The van der Waals surface area contributed by atoms with E-state index in [2.05, 4.69) is 13.8 Å². The van der Waals surface area contributed by atoms with Crippen LogP contribution in [0.4, 0.5) is 0 Å². The van der Waals surface area contributed by atoms with Crippen molar-refractivity contribution in [2.24, 2.45) is 5.92 Å². The third-order valence-corrected chi connectivity index (χ3v) is 3.50. The van der Waals surface area contributed by atoms with Gasteiger partial charge in [-0.15, -0.1) is 0 Å². The van der Waals surface area contributed by atoms with E-state index in [4.69, 9.17) is 9.47 Å². The van der Waals surface area contributed by atoms with Gasteiger partial charge in [-0.05, 0) is 38.5 Å². The van der Waals surface area contributed by atoms with Gasteiger partial charge in [-0.3, -0.25) is 4.79 Å². The maximum absolute atomic E-state index is 11.3. The molecular formula is C13H24O3. The zero-order valence-electron chi connectivity index (χ0n) is 10.7. The van der Waals surface area contributed by atoms with Gasteiger partial charge in [0, 0.05) is 0 Å². The van der Waals surface area contributed by atoms with Gasteiger partial charge in [0.05, 0.1) is 25.2 Å². The number of esters is 1. The number of methoxy groups -OCH3 is 1. The molecule has 94 valence electrons. The van der Waals surface area contributed by atoms with Crippen LogP contribution in [0.5, 0.6) is 0 Å². The van der Waals surface area contributed by atoms with Crippen LogP contribution in [-0.4, -0.2) is 25.3 Å². The Morgan fingerprint density at radius 2 is 1.75 bits per heavy atom. The summed E-state index contributed by atoms with van der Waals surface area (Å²) in [6.07, 6.45) is 6.72. The molecule has 16 heavy (non-hydrogen) atoms. The normalized spacial score (nSPS) is 25.8. The molecule has 1 aliphatic carbocycles. The third kappa shape index (κ3) is 3.78. The maximum Gasteiger partial charge on any atom is 0.308 e. The zero-order chi connectivity index (χ0) is 12.0. The molecule has 1 saturated carbocycles. The standard InChI is InChI=1S/C13H24O3/c1-4-11(5-2)16-12-8-6-10(7-9-12)13(14)15-3/h10-12H,4-9H2,1-3H3. The molecule has 0 aromatic rings. The Labute approximate surface area is 98.5 Å². The molecule has 0 aromatic carbocycles. The lowest BCUT2D eigenvalue weighted by molar-refractivity contribution is -0.148. The summed E-state index contributed by atoms with van der Waals surface area (Å²) < 4.78 is 10.8. The third-order valence-electron chi connectivity index (χ3n) is 3.50. The summed E-state index contributed by atoms with van der Waals surface area (Å²) in [5.41, 5.74) is 0. The van der Waals surface area contributed by atoms with E-state index in [1.165, 1.54) is 7.11 Å². The first-order chi connectivity index (χ1) is 7.71. The zero-order valence-corrected chi connectivity index (χ0v) is 10.7. The predicted octanol–water partition coefficient (Wildman–Crippen LogP) is 2.92. The summed E-state index contributed by atoms with van der Waals surface area (Å²) in [4.78, 5) is 11.3. The van der Waals surface area contributed by atoms with Gasteiger partial charge in [0.2, 0.25) is 0 Å². The summed E-state index contributed by atoms with van der Waals surface area (Å²) >= 11 is 0. The number of rotatable bonds is 5. The quantitative estimate of drug-likeness (QED) is 0.679.